The largest absolute Gasteiger partial charge is 0.497 e. The maximum atomic E-state index is 13.1. The highest BCUT2D eigenvalue weighted by Crippen LogP contribution is 2.21. The van der Waals surface area contributed by atoms with Crippen LogP contribution in [0, 0.1) is 11.3 Å². The molecule has 0 aliphatic carbocycles. The number of carboxylic acid groups (broad SMARTS) is 1. The van der Waals surface area contributed by atoms with Crippen molar-refractivity contribution in [1.29, 1.82) is 5.26 Å². The molecule has 9 nitrogen and oxygen atoms in total. The van der Waals surface area contributed by atoms with Crippen molar-refractivity contribution < 1.29 is 28.2 Å². The molecular weight excluding hydrogens is 422 g/mol. The Kier molecular flexibility index (Phi) is 8.81. The van der Waals surface area contributed by atoms with Gasteiger partial charge in [0.15, 0.2) is 0 Å². The number of nitrogens with zero attached hydrogens (tertiary/aromatic N) is 2. The number of nitriles is 1. The second kappa shape index (κ2) is 11.3. The van der Waals surface area contributed by atoms with E-state index in [1.807, 2.05) is 12.1 Å². The van der Waals surface area contributed by atoms with Gasteiger partial charge in [-0.25, -0.2) is 13.2 Å². The summed E-state index contributed by atoms with van der Waals surface area (Å²) in [6.45, 7) is -0.527. The third-order valence-electron chi connectivity index (χ3n) is 4.63. The van der Waals surface area contributed by atoms with Crippen molar-refractivity contribution in [2.45, 2.75) is 29.9 Å². The lowest BCUT2D eigenvalue weighted by Crippen LogP contribution is -2.50. The van der Waals surface area contributed by atoms with Crippen molar-refractivity contribution >= 4 is 16.1 Å². The first-order valence-electron chi connectivity index (χ1n) is 9.50. The zero-order chi connectivity index (χ0) is 22.9. The first kappa shape index (κ1) is 24.1. The van der Waals surface area contributed by atoms with Crippen LogP contribution < -0.4 is 10.1 Å². The lowest BCUT2D eigenvalue weighted by atomic mass is 10.0. The number of methoxy groups -OCH3 is 1. The molecule has 3 N–H and O–H groups in total. The van der Waals surface area contributed by atoms with Crippen LogP contribution in [0.2, 0.25) is 0 Å². The van der Waals surface area contributed by atoms with E-state index in [-0.39, 0.29) is 30.8 Å². The van der Waals surface area contributed by atoms with Crippen LogP contribution in [-0.4, -0.2) is 61.4 Å². The Bertz CT molecular complexity index is 990. The van der Waals surface area contributed by atoms with E-state index in [1.54, 1.807) is 24.3 Å². The van der Waals surface area contributed by atoms with E-state index < -0.39 is 28.3 Å². The average Bonchev–Trinajstić information content (AvgIpc) is 2.76. The Hall–Kier alpha value is -3.13. The van der Waals surface area contributed by atoms with Gasteiger partial charge in [0.25, 0.3) is 0 Å². The van der Waals surface area contributed by atoms with E-state index >= 15 is 0 Å². The first-order chi connectivity index (χ1) is 14.8. The maximum Gasteiger partial charge on any atom is 0.404 e. The minimum atomic E-state index is -4.04. The Morgan fingerprint density at radius 2 is 1.84 bits per heavy atom. The number of nitrogens with one attached hydrogen (secondary N) is 1. The van der Waals surface area contributed by atoms with Crippen LogP contribution in [0.25, 0.3) is 0 Å². The van der Waals surface area contributed by atoms with E-state index in [2.05, 4.69) is 5.32 Å². The van der Waals surface area contributed by atoms with Gasteiger partial charge >= 0.3 is 6.09 Å². The molecule has 0 radical (unpaired) electrons. The average molecular weight is 448 g/mol. The monoisotopic (exact) mass is 447 g/mol. The molecule has 10 heteroatoms. The van der Waals surface area contributed by atoms with Crippen LogP contribution in [0.5, 0.6) is 5.75 Å². The Morgan fingerprint density at radius 3 is 2.39 bits per heavy atom. The number of carbonyl (C=O) groups is 1. The molecule has 166 valence electrons. The van der Waals surface area contributed by atoms with E-state index in [0.29, 0.717) is 5.75 Å². The normalized spacial score (nSPS) is 13.2. The van der Waals surface area contributed by atoms with E-state index in [4.69, 9.17) is 15.1 Å². The Balaban J connectivity index is 2.26. The van der Waals surface area contributed by atoms with Crippen LogP contribution in [0.4, 0.5) is 4.79 Å². The lowest BCUT2D eigenvalue weighted by Gasteiger charge is -2.29. The van der Waals surface area contributed by atoms with Gasteiger partial charge in [-0.3, -0.25) is 0 Å². The number of sulfonamides is 1. The van der Waals surface area contributed by atoms with Crippen LogP contribution in [-0.2, 0) is 16.4 Å². The molecule has 0 bridgehead atoms. The molecule has 0 spiro atoms. The van der Waals surface area contributed by atoms with E-state index in [9.17, 15) is 18.3 Å². The summed E-state index contributed by atoms with van der Waals surface area (Å²) in [5.41, 5.74) is 0.780. The van der Waals surface area contributed by atoms with Crippen molar-refractivity contribution in [2.24, 2.45) is 0 Å². The molecule has 0 aliphatic rings. The van der Waals surface area contributed by atoms with E-state index in [1.165, 1.54) is 31.4 Å². The number of aliphatic hydroxyl groups excluding tert-OH is 1. The quantitative estimate of drug-likeness (QED) is 0.477. The summed E-state index contributed by atoms with van der Waals surface area (Å²) in [5, 5.41) is 31.1. The first-order valence-corrected chi connectivity index (χ1v) is 10.9. The molecule has 0 aromatic heterocycles. The molecule has 0 heterocycles. The number of ether oxygens (including phenoxy) is 1. The molecule has 0 fully saturated rings. The van der Waals surface area contributed by atoms with Gasteiger partial charge in [-0.05, 0) is 36.2 Å². The minimum absolute atomic E-state index is 0.0238. The maximum absolute atomic E-state index is 13.1. The third kappa shape index (κ3) is 6.96. The summed E-state index contributed by atoms with van der Waals surface area (Å²) in [6, 6.07) is 15.6. The smallest absolute Gasteiger partial charge is 0.404 e. The van der Waals surface area contributed by atoms with Crippen LogP contribution in [0.1, 0.15) is 12.0 Å². The molecule has 2 rings (SSSR count). The van der Waals surface area contributed by atoms with Gasteiger partial charge in [0, 0.05) is 19.5 Å². The molecule has 0 saturated carbocycles. The van der Waals surface area contributed by atoms with Crippen molar-refractivity contribution in [2.75, 3.05) is 20.2 Å². The van der Waals surface area contributed by atoms with Gasteiger partial charge in [-0.15, -0.1) is 0 Å². The predicted molar refractivity (Wildman–Crippen MR) is 113 cm³/mol. The van der Waals surface area contributed by atoms with Gasteiger partial charge in [-0.1, -0.05) is 30.3 Å². The molecule has 2 aromatic rings. The SMILES string of the molecule is COc1ccc(S(=O)(=O)N(CCC#N)C[C@@H](O)[C@H](Cc2ccccc2)NC(=O)O)cc1. The molecule has 0 aliphatic heterocycles. The number of amides is 1. The number of hydrogen-bond acceptors (Lipinski definition) is 6. The van der Waals surface area contributed by atoms with Gasteiger partial charge in [0.1, 0.15) is 5.75 Å². The zero-order valence-corrected chi connectivity index (χ0v) is 17.8. The fourth-order valence-corrected chi connectivity index (χ4v) is 4.49. The van der Waals surface area contributed by atoms with Crippen LogP contribution in [0.15, 0.2) is 59.5 Å². The van der Waals surface area contributed by atoms with Crippen LogP contribution in [0.3, 0.4) is 0 Å². The topological polar surface area (TPSA) is 140 Å². The molecule has 31 heavy (non-hydrogen) atoms. The predicted octanol–water partition coefficient (Wildman–Crippen LogP) is 1.84. The highest BCUT2D eigenvalue weighted by atomic mass is 32.2. The second-order valence-corrected chi connectivity index (χ2v) is 8.70. The van der Waals surface area contributed by atoms with Crippen molar-refractivity contribution in [3.05, 3.63) is 60.2 Å². The Morgan fingerprint density at radius 1 is 1.19 bits per heavy atom. The number of benzene rings is 2. The van der Waals surface area contributed by atoms with Gasteiger partial charge < -0.3 is 20.3 Å². The Labute approximate surface area is 181 Å². The minimum Gasteiger partial charge on any atom is -0.497 e. The van der Waals surface area contributed by atoms with Crippen LogP contribution >= 0.6 is 0 Å². The fraction of sp³-hybridized carbons (Fsp3) is 0.333. The van der Waals surface area contributed by atoms with E-state index in [0.717, 1.165) is 9.87 Å². The highest BCUT2D eigenvalue weighted by Gasteiger charge is 2.30. The summed E-state index contributed by atoms with van der Waals surface area (Å²) < 4.78 is 32.2. The fourth-order valence-electron chi connectivity index (χ4n) is 3.03. The summed E-state index contributed by atoms with van der Waals surface area (Å²) in [5.74, 6) is 0.483. The molecule has 2 aromatic carbocycles. The van der Waals surface area contributed by atoms with Crippen molar-refractivity contribution in [3.8, 4) is 11.8 Å². The molecule has 0 unspecified atom stereocenters. The zero-order valence-electron chi connectivity index (χ0n) is 17.0. The lowest BCUT2D eigenvalue weighted by molar-refractivity contribution is 0.101. The van der Waals surface area contributed by atoms with Gasteiger partial charge in [0.05, 0.1) is 30.2 Å². The number of hydrogen-bond donors (Lipinski definition) is 3. The molecular formula is C21H25N3O6S. The van der Waals surface area contributed by atoms with Gasteiger partial charge in [0.2, 0.25) is 10.0 Å². The number of aliphatic hydroxyl groups is 1. The summed E-state index contributed by atoms with van der Waals surface area (Å²) in [4.78, 5) is 11.2. The van der Waals surface area contributed by atoms with Crippen molar-refractivity contribution in [1.82, 2.24) is 9.62 Å². The third-order valence-corrected chi connectivity index (χ3v) is 6.51. The van der Waals surface area contributed by atoms with Gasteiger partial charge in [-0.2, -0.15) is 9.57 Å². The summed E-state index contributed by atoms with van der Waals surface area (Å²) >= 11 is 0. The molecule has 2 atom stereocenters. The molecule has 0 saturated heterocycles. The highest BCUT2D eigenvalue weighted by molar-refractivity contribution is 7.89. The summed E-state index contributed by atoms with van der Waals surface area (Å²) in [7, 11) is -2.58. The molecule has 1 amide bonds. The second-order valence-electron chi connectivity index (χ2n) is 6.76. The standard InChI is InChI=1S/C21H25N3O6S/c1-30-17-8-10-18(11-9-17)31(28,29)24(13-5-12-22)15-20(25)19(23-21(26)27)14-16-6-3-2-4-7-16/h2-4,6-11,19-20,23,25H,5,13-15H2,1H3,(H,26,27)/t19-,20+/m0/s1. The number of rotatable bonds is 11. The summed E-state index contributed by atoms with van der Waals surface area (Å²) in [6.07, 6.45) is -2.59. The van der Waals surface area contributed by atoms with Crippen molar-refractivity contribution in [3.63, 3.8) is 0 Å².